The fourth-order valence-corrected chi connectivity index (χ4v) is 8.41. The van der Waals surface area contributed by atoms with Gasteiger partial charge in [-0.3, -0.25) is 9.69 Å². The molecule has 0 radical (unpaired) electrons. The van der Waals surface area contributed by atoms with Crippen LogP contribution in [-0.2, 0) is 4.79 Å². The van der Waals surface area contributed by atoms with E-state index in [1.165, 1.54) is 12.1 Å². The Labute approximate surface area is 271 Å². The molecule has 9 nitrogen and oxygen atoms in total. The fourth-order valence-electron chi connectivity index (χ4n) is 7.46. The molecular formula is C33H31F4N7O2S. The number of fused-ring (bicyclic) bond motifs is 3. The van der Waals surface area contributed by atoms with Crippen LogP contribution >= 0.6 is 11.3 Å². The maximum Gasteiger partial charge on any atom is 0.319 e. The van der Waals surface area contributed by atoms with Crippen molar-refractivity contribution in [2.75, 3.05) is 50.5 Å². The van der Waals surface area contributed by atoms with Crippen molar-refractivity contribution in [1.82, 2.24) is 19.8 Å². The smallest absolute Gasteiger partial charge is 0.319 e. The van der Waals surface area contributed by atoms with Gasteiger partial charge in [-0.15, -0.1) is 11.3 Å². The molecule has 0 spiro atoms. The maximum absolute atomic E-state index is 16.8. The quantitative estimate of drug-likeness (QED) is 0.202. The van der Waals surface area contributed by atoms with Gasteiger partial charge >= 0.3 is 6.01 Å². The van der Waals surface area contributed by atoms with Gasteiger partial charge in [0.05, 0.1) is 21.4 Å². The third-order valence-corrected chi connectivity index (χ3v) is 10.8. The molecule has 14 heteroatoms. The fraction of sp³-hybridized carbons (Fsp3) is 0.394. The molecule has 0 aliphatic carbocycles. The van der Waals surface area contributed by atoms with Crippen LogP contribution in [0.2, 0.25) is 0 Å². The molecular weight excluding hydrogens is 634 g/mol. The van der Waals surface area contributed by atoms with E-state index in [-0.39, 0.29) is 67.5 Å². The van der Waals surface area contributed by atoms with Crippen LogP contribution in [0.4, 0.5) is 28.4 Å². The van der Waals surface area contributed by atoms with Crippen LogP contribution in [-0.4, -0.2) is 83.3 Å². The first-order valence-corrected chi connectivity index (χ1v) is 16.1. The molecule has 3 saturated heterocycles. The van der Waals surface area contributed by atoms with Gasteiger partial charge in [0.2, 0.25) is 5.91 Å². The second-order valence-corrected chi connectivity index (χ2v) is 13.5. The number of hydrogen-bond donors (Lipinski definition) is 1. The molecule has 4 aromatic rings. The topological polar surface area (TPSA) is 112 Å². The number of nitriles is 1. The zero-order valence-electron chi connectivity index (χ0n) is 25.5. The predicted molar refractivity (Wildman–Crippen MR) is 171 cm³/mol. The van der Waals surface area contributed by atoms with Gasteiger partial charge in [0.15, 0.2) is 5.82 Å². The van der Waals surface area contributed by atoms with E-state index >= 15 is 8.78 Å². The van der Waals surface area contributed by atoms with E-state index in [0.717, 1.165) is 42.9 Å². The zero-order valence-corrected chi connectivity index (χ0v) is 26.3. The Kier molecular flexibility index (Phi) is 7.71. The number of thiophene rings is 1. The number of carbonyl (C=O) groups excluding carboxylic acids is 1. The van der Waals surface area contributed by atoms with E-state index in [1.807, 2.05) is 6.07 Å². The number of benzene rings is 2. The van der Waals surface area contributed by atoms with E-state index in [9.17, 15) is 18.8 Å². The molecule has 7 rings (SSSR count). The monoisotopic (exact) mass is 665 g/mol. The van der Waals surface area contributed by atoms with Crippen molar-refractivity contribution in [1.29, 1.82) is 5.26 Å². The average Bonchev–Trinajstić information content (AvgIpc) is 3.82. The highest BCUT2D eigenvalue weighted by atomic mass is 32.1. The Hall–Kier alpha value is -4.48. The number of aromatic nitrogens is 2. The summed E-state index contributed by atoms with van der Waals surface area (Å²) in [6.45, 7) is 5.51. The molecule has 3 fully saturated rings. The number of hydrogen-bond acceptors (Lipinski definition) is 9. The second-order valence-electron chi connectivity index (χ2n) is 12.4. The van der Waals surface area contributed by atoms with Crippen LogP contribution < -0.4 is 15.4 Å². The first kappa shape index (κ1) is 31.1. The Balaban J connectivity index is 1.37. The van der Waals surface area contributed by atoms with Crippen LogP contribution in [0, 0.1) is 28.8 Å². The Morgan fingerprint density at radius 3 is 2.85 bits per heavy atom. The molecule has 5 heterocycles. The highest BCUT2D eigenvalue weighted by molar-refractivity contribution is 7.23. The number of rotatable bonds is 7. The molecule has 0 bridgehead atoms. The first-order chi connectivity index (χ1) is 22.5. The SMILES string of the molecule is C=CC(=O)N1CC[C@@H](N(C)c2nc(OC[C@@]34CCCN3C[C@H](F)C4)nc3c(F)c(-c4ccc(F)c5sc(N)c(C#N)c45)c(F)cc23)C1. The van der Waals surface area contributed by atoms with Gasteiger partial charge in [-0.05, 0) is 49.6 Å². The van der Waals surface area contributed by atoms with E-state index in [1.54, 1.807) is 16.8 Å². The van der Waals surface area contributed by atoms with Gasteiger partial charge in [0, 0.05) is 49.9 Å². The third kappa shape index (κ3) is 5.03. The highest BCUT2D eigenvalue weighted by Crippen LogP contribution is 2.45. The van der Waals surface area contributed by atoms with Crippen molar-refractivity contribution in [2.45, 2.75) is 43.4 Å². The van der Waals surface area contributed by atoms with E-state index in [2.05, 4.69) is 21.4 Å². The molecule has 244 valence electrons. The van der Waals surface area contributed by atoms with Gasteiger partial charge < -0.3 is 20.3 Å². The van der Waals surface area contributed by atoms with Crippen LogP contribution in [0.1, 0.15) is 31.2 Å². The van der Waals surface area contributed by atoms with Crippen molar-refractivity contribution >= 4 is 49.1 Å². The summed E-state index contributed by atoms with van der Waals surface area (Å²) >= 11 is 0.825. The van der Waals surface area contributed by atoms with Crippen molar-refractivity contribution < 1.29 is 27.1 Å². The minimum Gasteiger partial charge on any atom is -0.461 e. The lowest BCUT2D eigenvalue weighted by Crippen LogP contribution is -2.43. The number of halogens is 4. The molecule has 47 heavy (non-hydrogen) atoms. The van der Waals surface area contributed by atoms with Crippen molar-refractivity contribution in [3.63, 3.8) is 0 Å². The molecule has 2 aromatic carbocycles. The van der Waals surface area contributed by atoms with Gasteiger partial charge in [-0.1, -0.05) is 12.6 Å². The lowest BCUT2D eigenvalue weighted by atomic mass is 9.95. The standard InChI is InChI=1S/C33H31F4N7O2S/c1-3-24(45)43-10-7-18(15-43)42(2)31-20-11-23(36)26(19-5-6-22(35)29-25(19)21(13-38)30(39)47-29)27(37)28(20)40-32(41-31)46-16-33-8-4-9-44(33)14-17(34)12-33/h3,5-6,11,17-18H,1,4,7-10,12,14-16,39H2,2H3/t17-,18-,33+/m1/s1. The Bertz CT molecular complexity index is 2000. The van der Waals surface area contributed by atoms with Crippen molar-refractivity contribution in [3.8, 4) is 23.2 Å². The molecule has 3 aliphatic heterocycles. The summed E-state index contributed by atoms with van der Waals surface area (Å²) in [5, 5.41) is 9.88. The summed E-state index contributed by atoms with van der Waals surface area (Å²) in [7, 11) is 1.72. The number of nitrogen functional groups attached to an aromatic ring is 1. The van der Waals surface area contributed by atoms with Crippen molar-refractivity contribution in [3.05, 3.63) is 53.9 Å². The highest BCUT2D eigenvalue weighted by Gasteiger charge is 2.49. The number of nitrogens with two attached hydrogens (primary N) is 1. The third-order valence-electron chi connectivity index (χ3n) is 9.80. The summed E-state index contributed by atoms with van der Waals surface area (Å²) < 4.78 is 68.3. The van der Waals surface area contributed by atoms with E-state index < -0.39 is 34.7 Å². The molecule has 0 saturated carbocycles. The summed E-state index contributed by atoms with van der Waals surface area (Å²) in [5.41, 5.74) is 4.58. The van der Waals surface area contributed by atoms with Crippen LogP contribution in [0.5, 0.6) is 6.01 Å². The van der Waals surface area contributed by atoms with Gasteiger partial charge in [0.25, 0.3) is 0 Å². The number of amides is 1. The lowest BCUT2D eigenvalue weighted by Gasteiger charge is -2.31. The minimum absolute atomic E-state index is 0.00513. The summed E-state index contributed by atoms with van der Waals surface area (Å²) in [4.78, 5) is 26.8. The van der Waals surface area contributed by atoms with E-state index in [0.29, 0.717) is 32.5 Å². The van der Waals surface area contributed by atoms with Crippen LogP contribution in [0.15, 0.2) is 30.9 Å². The predicted octanol–water partition coefficient (Wildman–Crippen LogP) is 5.56. The number of ether oxygens (including phenoxy) is 1. The maximum atomic E-state index is 16.8. The molecule has 2 N–H and O–H groups in total. The number of anilines is 2. The van der Waals surface area contributed by atoms with E-state index in [4.69, 9.17) is 10.5 Å². The number of carbonyl (C=O) groups is 1. The largest absolute Gasteiger partial charge is 0.461 e. The second kappa shape index (κ2) is 11.6. The number of likely N-dealkylation sites (tertiary alicyclic amines) is 1. The van der Waals surface area contributed by atoms with Crippen molar-refractivity contribution in [2.24, 2.45) is 0 Å². The average molecular weight is 666 g/mol. The molecule has 3 aliphatic rings. The lowest BCUT2D eigenvalue weighted by molar-refractivity contribution is -0.125. The molecule has 1 amide bonds. The minimum atomic E-state index is -1.05. The number of likely N-dealkylation sites (N-methyl/N-ethyl adjacent to an activating group) is 1. The summed E-state index contributed by atoms with van der Waals surface area (Å²) in [5.74, 6) is -2.74. The van der Waals surface area contributed by atoms with Crippen LogP contribution in [0.3, 0.4) is 0 Å². The Morgan fingerprint density at radius 2 is 2.09 bits per heavy atom. The normalized spacial score (nSPS) is 22.6. The molecule has 3 atom stereocenters. The van der Waals surface area contributed by atoms with Gasteiger partial charge in [0.1, 0.15) is 46.8 Å². The Morgan fingerprint density at radius 1 is 1.28 bits per heavy atom. The van der Waals surface area contributed by atoms with Gasteiger partial charge in [-0.2, -0.15) is 15.2 Å². The summed E-state index contributed by atoms with van der Waals surface area (Å²) in [6.07, 6.45) is 2.76. The first-order valence-electron chi connectivity index (χ1n) is 15.3. The number of nitrogens with zero attached hydrogens (tertiary/aromatic N) is 6. The zero-order chi connectivity index (χ0) is 33.2. The summed E-state index contributed by atoms with van der Waals surface area (Å²) in [6, 6.07) is 4.93. The molecule has 2 aromatic heterocycles. The van der Waals surface area contributed by atoms with Gasteiger partial charge in [-0.25, -0.2) is 17.6 Å². The molecule has 0 unspecified atom stereocenters. The van der Waals surface area contributed by atoms with Crippen LogP contribution in [0.25, 0.3) is 32.1 Å². The number of alkyl halides is 1.